The van der Waals surface area contributed by atoms with Gasteiger partial charge in [-0.3, -0.25) is 4.99 Å². The minimum Gasteiger partial charge on any atom is -0.384 e. The first-order chi connectivity index (χ1) is 11.3. The van der Waals surface area contributed by atoms with Crippen molar-refractivity contribution in [1.82, 2.24) is 10.2 Å². The average Bonchev–Trinajstić information content (AvgIpc) is 3.03. The van der Waals surface area contributed by atoms with E-state index in [0.29, 0.717) is 12.0 Å². The first kappa shape index (κ1) is 21.9. The Morgan fingerprint density at radius 3 is 2.79 bits per heavy atom. The van der Waals surface area contributed by atoms with E-state index in [1.807, 2.05) is 0 Å². The van der Waals surface area contributed by atoms with Gasteiger partial charge in [0.2, 0.25) is 0 Å². The summed E-state index contributed by atoms with van der Waals surface area (Å²) < 4.78 is 16.5. The van der Waals surface area contributed by atoms with E-state index in [1.54, 1.807) is 7.11 Å². The predicted octanol–water partition coefficient (Wildman–Crippen LogP) is 2.12. The topological polar surface area (TPSA) is 55.3 Å². The molecule has 0 aromatic heterocycles. The quantitative estimate of drug-likeness (QED) is 0.263. The van der Waals surface area contributed by atoms with E-state index in [9.17, 15) is 0 Å². The molecule has 0 saturated carbocycles. The smallest absolute Gasteiger partial charge is 0.193 e. The van der Waals surface area contributed by atoms with Crippen LogP contribution in [0.5, 0.6) is 0 Å². The van der Waals surface area contributed by atoms with Gasteiger partial charge in [0.05, 0.1) is 12.7 Å². The fraction of sp³-hybridized carbons (Fsp3) is 0.941. The van der Waals surface area contributed by atoms with E-state index in [1.165, 1.54) is 6.42 Å². The predicted molar refractivity (Wildman–Crippen MR) is 107 cm³/mol. The lowest BCUT2D eigenvalue weighted by Crippen LogP contribution is -2.40. The van der Waals surface area contributed by atoms with Crippen molar-refractivity contribution in [2.45, 2.75) is 38.7 Å². The van der Waals surface area contributed by atoms with Crippen molar-refractivity contribution >= 4 is 29.9 Å². The summed E-state index contributed by atoms with van der Waals surface area (Å²) in [4.78, 5) is 7.11. The van der Waals surface area contributed by atoms with Crippen LogP contribution < -0.4 is 5.32 Å². The number of rotatable bonds is 8. The summed E-state index contributed by atoms with van der Waals surface area (Å²) in [7, 11) is 1.78. The van der Waals surface area contributed by atoms with Crippen molar-refractivity contribution < 1.29 is 14.2 Å². The Balaban J connectivity index is 0.00000288. The first-order valence-electron chi connectivity index (χ1n) is 9.05. The van der Waals surface area contributed by atoms with Crippen LogP contribution in [0, 0.1) is 5.92 Å². The summed E-state index contributed by atoms with van der Waals surface area (Å²) in [5.41, 5.74) is 0. The van der Waals surface area contributed by atoms with Crippen molar-refractivity contribution in [3.05, 3.63) is 0 Å². The van der Waals surface area contributed by atoms with Crippen molar-refractivity contribution in [2.24, 2.45) is 10.9 Å². The normalized spacial score (nSPS) is 22.5. The minimum absolute atomic E-state index is 0. The number of halogens is 1. The van der Waals surface area contributed by atoms with Gasteiger partial charge in [0, 0.05) is 59.0 Å². The van der Waals surface area contributed by atoms with Crippen molar-refractivity contribution in [1.29, 1.82) is 0 Å². The maximum Gasteiger partial charge on any atom is 0.193 e. The number of methoxy groups -OCH3 is 1. The molecule has 0 radical (unpaired) electrons. The SMILES string of the molecule is CCNC(=NCCCOC1CCOCC1)N1CCC(COC)C1.I. The van der Waals surface area contributed by atoms with E-state index in [-0.39, 0.29) is 24.0 Å². The zero-order chi connectivity index (χ0) is 16.3. The van der Waals surface area contributed by atoms with Gasteiger partial charge < -0.3 is 24.4 Å². The summed E-state index contributed by atoms with van der Waals surface area (Å²) in [5, 5.41) is 3.41. The van der Waals surface area contributed by atoms with Crippen molar-refractivity contribution in [3.63, 3.8) is 0 Å². The molecule has 142 valence electrons. The molecule has 0 amide bonds. The van der Waals surface area contributed by atoms with Crippen LogP contribution in [0.4, 0.5) is 0 Å². The minimum atomic E-state index is 0. The fourth-order valence-electron chi connectivity index (χ4n) is 3.16. The summed E-state index contributed by atoms with van der Waals surface area (Å²) in [6.45, 7) is 9.26. The van der Waals surface area contributed by atoms with E-state index in [2.05, 4.69) is 17.1 Å². The van der Waals surface area contributed by atoms with Gasteiger partial charge in [-0.25, -0.2) is 0 Å². The standard InChI is InChI=1S/C17H33N3O3.HI/c1-3-18-17(20-9-5-15(13-20)14-21-2)19-8-4-10-23-16-6-11-22-12-7-16;/h15-16H,3-14H2,1-2H3,(H,18,19);1H. The van der Waals surface area contributed by atoms with E-state index >= 15 is 0 Å². The lowest BCUT2D eigenvalue weighted by molar-refractivity contribution is -0.0318. The molecule has 0 aromatic rings. The number of hydrogen-bond donors (Lipinski definition) is 1. The largest absolute Gasteiger partial charge is 0.384 e. The molecular formula is C17H34IN3O3. The molecule has 1 unspecified atom stereocenters. The zero-order valence-electron chi connectivity index (χ0n) is 15.2. The van der Waals surface area contributed by atoms with Gasteiger partial charge in [-0.05, 0) is 32.6 Å². The monoisotopic (exact) mass is 455 g/mol. The molecule has 0 aromatic carbocycles. The summed E-state index contributed by atoms with van der Waals surface area (Å²) >= 11 is 0. The lowest BCUT2D eigenvalue weighted by Gasteiger charge is -2.23. The highest BCUT2D eigenvalue weighted by molar-refractivity contribution is 14.0. The van der Waals surface area contributed by atoms with Gasteiger partial charge in [-0.15, -0.1) is 24.0 Å². The molecule has 2 heterocycles. The molecule has 2 aliphatic rings. The third-order valence-corrected chi connectivity index (χ3v) is 4.41. The number of ether oxygens (including phenoxy) is 3. The Morgan fingerprint density at radius 2 is 2.08 bits per heavy atom. The van der Waals surface area contributed by atoms with Gasteiger partial charge in [0.1, 0.15) is 0 Å². The molecule has 0 bridgehead atoms. The molecule has 1 atom stereocenters. The van der Waals surface area contributed by atoms with Crippen LogP contribution in [0.3, 0.4) is 0 Å². The number of likely N-dealkylation sites (tertiary alicyclic amines) is 1. The zero-order valence-corrected chi connectivity index (χ0v) is 17.5. The highest BCUT2D eigenvalue weighted by atomic mass is 127. The van der Waals surface area contributed by atoms with E-state index in [0.717, 1.165) is 77.8 Å². The summed E-state index contributed by atoms with van der Waals surface area (Å²) in [6, 6.07) is 0. The Kier molecular flexibility index (Phi) is 12.0. The molecule has 2 aliphatic heterocycles. The van der Waals surface area contributed by atoms with Crippen LogP contribution in [-0.2, 0) is 14.2 Å². The van der Waals surface area contributed by atoms with E-state index in [4.69, 9.17) is 19.2 Å². The molecule has 6 nitrogen and oxygen atoms in total. The molecule has 0 aliphatic carbocycles. The van der Waals surface area contributed by atoms with E-state index < -0.39 is 0 Å². The summed E-state index contributed by atoms with van der Waals surface area (Å²) in [5.74, 6) is 1.66. The lowest BCUT2D eigenvalue weighted by atomic mass is 10.1. The maximum atomic E-state index is 5.90. The number of hydrogen-bond acceptors (Lipinski definition) is 4. The number of aliphatic imine (C=N–C) groups is 1. The van der Waals surface area contributed by atoms with Crippen LogP contribution in [0.15, 0.2) is 4.99 Å². The highest BCUT2D eigenvalue weighted by Crippen LogP contribution is 2.16. The van der Waals surface area contributed by atoms with Crippen LogP contribution in [0.25, 0.3) is 0 Å². The van der Waals surface area contributed by atoms with Crippen LogP contribution in [0.2, 0.25) is 0 Å². The molecule has 1 N–H and O–H groups in total. The second-order valence-corrected chi connectivity index (χ2v) is 6.33. The Bertz CT molecular complexity index is 352. The molecule has 24 heavy (non-hydrogen) atoms. The number of nitrogens with one attached hydrogen (secondary N) is 1. The molecular weight excluding hydrogens is 421 g/mol. The van der Waals surface area contributed by atoms with Gasteiger partial charge in [0.25, 0.3) is 0 Å². The average molecular weight is 455 g/mol. The maximum absolute atomic E-state index is 5.90. The molecule has 0 spiro atoms. The highest BCUT2D eigenvalue weighted by Gasteiger charge is 2.24. The Hall–Kier alpha value is -0.120. The van der Waals surface area contributed by atoms with Gasteiger partial charge in [-0.2, -0.15) is 0 Å². The summed E-state index contributed by atoms with van der Waals surface area (Å²) in [6.07, 6.45) is 4.60. The van der Waals surface area contributed by atoms with Crippen LogP contribution in [-0.4, -0.2) is 76.7 Å². The second kappa shape index (κ2) is 13.1. The van der Waals surface area contributed by atoms with Gasteiger partial charge in [0.15, 0.2) is 5.96 Å². The first-order valence-corrected chi connectivity index (χ1v) is 9.05. The second-order valence-electron chi connectivity index (χ2n) is 6.33. The van der Waals surface area contributed by atoms with Crippen molar-refractivity contribution in [2.75, 3.05) is 59.7 Å². The third-order valence-electron chi connectivity index (χ3n) is 4.41. The number of nitrogens with zero attached hydrogens (tertiary/aromatic N) is 2. The Labute approximate surface area is 163 Å². The molecule has 2 saturated heterocycles. The molecule has 2 rings (SSSR count). The van der Waals surface area contributed by atoms with Crippen molar-refractivity contribution in [3.8, 4) is 0 Å². The fourth-order valence-corrected chi connectivity index (χ4v) is 3.16. The van der Waals surface area contributed by atoms with Gasteiger partial charge >= 0.3 is 0 Å². The van der Waals surface area contributed by atoms with Gasteiger partial charge in [-0.1, -0.05) is 0 Å². The Morgan fingerprint density at radius 1 is 1.29 bits per heavy atom. The molecule has 2 fully saturated rings. The van der Waals surface area contributed by atoms with Crippen LogP contribution in [0.1, 0.15) is 32.6 Å². The third kappa shape index (κ3) is 7.84. The van der Waals surface area contributed by atoms with Crippen LogP contribution >= 0.6 is 24.0 Å². The number of guanidine groups is 1. The molecule has 7 heteroatoms.